The lowest BCUT2D eigenvalue weighted by Gasteiger charge is -2.35. The summed E-state index contributed by atoms with van der Waals surface area (Å²) in [5, 5.41) is 5.17. The number of nitrogens with one attached hydrogen (secondary N) is 1. The first-order valence-corrected chi connectivity index (χ1v) is 9.20. The van der Waals surface area contributed by atoms with Gasteiger partial charge in [-0.3, -0.25) is 9.69 Å². The van der Waals surface area contributed by atoms with Crippen LogP contribution < -0.4 is 10.2 Å². The fourth-order valence-electron chi connectivity index (χ4n) is 3.58. The summed E-state index contributed by atoms with van der Waals surface area (Å²) >= 11 is 0. The molecule has 1 aliphatic heterocycles. The summed E-state index contributed by atoms with van der Waals surface area (Å²) in [5.41, 5.74) is 1.47. The average Bonchev–Trinajstić information content (AvgIpc) is 2.69. The second kappa shape index (κ2) is 7.76. The second-order valence-corrected chi connectivity index (χ2v) is 6.79. The van der Waals surface area contributed by atoms with E-state index in [9.17, 15) is 9.18 Å². The van der Waals surface area contributed by atoms with Gasteiger partial charge in [-0.05, 0) is 23.6 Å². The van der Waals surface area contributed by atoms with Crippen molar-refractivity contribution in [3.63, 3.8) is 0 Å². The highest BCUT2D eigenvalue weighted by atomic mass is 19.1. The Balaban J connectivity index is 1.35. The van der Waals surface area contributed by atoms with E-state index in [0.717, 1.165) is 29.5 Å². The predicted molar refractivity (Wildman–Crippen MR) is 108 cm³/mol. The predicted octanol–water partition coefficient (Wildman–Crippen LogP) is 3.74. The number of hydrogen-bond acceptors (Lipinski definition) is 3. The van der Waals surface area contributed by atoms with E-state index in [-0.39, 0.29) is 11.7 Å². The molecule has 3 aromatic rings. The average molecular weight is 363 g/mol. The van der Waals surface area contributed by atoms with E-state index in [2.05, 4.69) is 10.2 Å². The molecule has 1 amide bonds. The highest BCUT2D eigenvalue weighted by molar-refractivity contribution is 6.02. The van der Waals surface area contributed by atoms with Gasteiger partial charge in [0.15, 0.2) is 0 Å². The van der Waals surface area contributed by atoms with Crippen LogP contribution in [0.2, 0.25) is 0 Å². The number of rotatable bonds is 4. The van der Waals surface area contributed by atoms with Crippen molar-refractivity contribution in [3.8, 4) is 0 Å². The fraction of sp³-hybridized carbons (Fsp3) is 0.227. The van der Waals surface area contributed by atoms with E-state index in [0.29, 0.717) is 25.3 Å². The molecule has 4 rings (SSSR count). The zero-order valence-corrected chi connectivity index (χ0v) is 15.1. The minimum absolute atomic E-state index is 0.0225. The maximum Gasteiger partial charge on any atom is 0.238 e. The van der Waals surface area contributed by atoms with Crippen molar-refractivity contribution in [1.29, 1.82) is 0 Å². The zero-order valence-electron chi connectivity index (χ0n) is 15.1. The van der Waals surface area contributed by atoms with Crippen LogP contribution in [0.5, 0.6) is 0 Å². The standard InChI is InChI=1S/C22H22FN3O/c23-19-9-3-4-11-21(19)26-14-12-25(13-15-26)16-22(27)24-20-10-5-7-17-6-1-2-8-18(17)20/h1-11H,12-16H2,(H,24,27). The molecule has 0 spiro atoms. The van der Waals surface area contributed by atoms with Crippen molar-refractivity contribution in [3.05, 3.63) is 72.5 Å². The van der Waals surface area contributed by atoms with Gasteiger partial charge in [-0.15, -0.1) is 0 Å². The van der Waals surface area contributed by atoms with Crippen LogP contribution in [0.1, 0.15) is 0 Å². The van der Waals surface area contributed by atoms with Crippen LogP contribution in [0.3, 0.4) is 0 Å². The number of anilines is 2. The number of benzene rings is 3. The SMILES string of the molecule is O=C(CN1CCN(c2ccccc2F)CC1)Nc1cccc2ccccc12. The van der Waals surface area contributed by atoms with Crippen LogP contribution in [0.25, 0.3) is 10.8 Å². The van der Waals surface area contributed by atoms with Crippen LogP contribution in [-0.4, -0.2) is 43.5 Å². The zero-order chi connectivity index (χ0) is 18.6. The third-order valence-electron chi connectivity index (χ3n) is 5.00. The number of piperazine rings is 1. The Hall–Kier alpha value is -2.92. The van der Waals surface area contributed by atoms with Crippen LogP contribution in [-0.2, 0) is 4.79 Å². The minimum Gasteiger partial charge on any atom is -0.367 e. The van der Waals surface area contributed by atoms with E-state index in [1.807, 2.05) is 53.4 Å². The molecular weight excluding hydrogens is 341 g/mol. The number of amides is 1. The first kappa shape index (κ1) is 17.5. The molecule has 0 unspecified atom stereocenters. The number of fused-ring (bicyclic) bond motifs is 1. The first-order valence-electron chi connectivity index (χ1n) is 9.20. The molecule has 0 atom stereocenters. The van der Waals surface area contributed by atoms with Crippen LogP contribution in [0, 0.1) is 5.82 Å². The summed E-state index contributed by atoms with van der Waals surface area (Å²) in [6.45, 7) is 3.23. The van der Waals surface area contributed by atoms with E-state index >= 15 is 0 Å². The van der Waals surface area contributed by atoms with Gasteiger partial charge in [-0.1, -0.05) is 48.5 Å². The Morgan fingerprint density at radius 3 is 2.41 bits per heavy atom. The largest absolute Gasteiger partial charge is 0.367 e. The first-order chi connectivity index (χ1) is 13.2. The molecule has 3 aromatic carbocycles. The van der Waals surface area contributed by atoms with Gasteiger partial charge in [0, 0.05) is 37.3 Å². The summed E-state index contributed by atoms with van der Waals surface area (Å²) in [4.78, 5) is 16.6. The smallest absolute Gasteiger partial charge is 0.238 e. The monoisotopic (exact) mass is 363 g/mol. The number of halogens is 1. The Bertz CT molecular complexity index is 946. The van der Waals surface area contributed by atoms with Gasteiger partial charge < -0.3 is 10.2 Å². The summed E-state index contributed by atoms with van der Waals surface area (Å²) in [5.74, 6) is -0.217. The van der Waals surface area contributed by atoms with Gasteiger partial charge in [-0.25, -0.2) is 4.39 Å². The van der Waals surface area contributed by atoms with E-state index in [1.165, 1.54) is 6.07 Å². The van der Waals surface area contributed by atoms with Crippen molar-refractivity contribution < 1.29 is 9.18 Å². The quantitative estimate of drug-likeness (QED) is 0.767. The Labute approximate surface area is 158 Å². The Kier molecular flexibility index (Phi) is 5.03. The molecule has 138 valence electrons. The maximum atomic E-state index is 13.9. The Morgan fingerprint density at radius 2 is 1.59 bits per heavy atom. The van der Waals surface area contributed by atoms with Gasteiger partial charge in [0.25, 0.3) is 0 Å². The van der Waals surface area contributed by atoms with Crippen LogP contribution in [0.15, 0.2) is 66.7 Å². The van der Waals surface area contributed by atoms with Crippen LogP contribution >= 0.6 is 0 Å². The topological polar surface area (TPSA) is 35.6 Å². The molecule has 0 aromatic heterocycles. The number of hydrogen-bond donors (Lipinski definition) is 1. The van der Waals surface area contributed by atoms with E-state index < -0.39 is 0 Å². The number of carbonyl (C=O) groups is 1. The van der Waals surface area contributed by atoms with Gasteiger partial charge in [0.1, 0.15) is 5.82 Å². The fourth-order valence-corrected chi connectivity index (χ4v) is 3.58. The van der Waals surface area contributed by atoms with Gasteiger partial charge in [0.05, 0.1) is 12.2 Å². The lowest BCUT2D eigenvalue weighted by Crippen LogP contribution is -2.48. The van der Waals surface area contributed by atoms with E-state index in [1.54, 1.807) is 12.1 Å². The Morgan fingerprint density at radius 1 is 0.889 bits per heavy atom. The highest BCUT2D eigenvalue weighted by Gasteiger charge is 2.21. The molecule has 1 heterocycles. The molecule has 5 heteroatoms. The van der Waals surface area contributed by atoms with Crippen molar-refractivity contribution in [2.24, 2.45) is 0 Å². The number of carbonyl (C=O) groups excluding carboxylic acids is 1. The van der Waals surface area contributed by atoms with Gasteiger partial charge in [-0.2, -0.15) is 0 Å². The molecule has 0 radical (unpaired) electrons. The summed E-state index contributed by atoms with van der Waals surface area (Å²) in [6, 6.07) is 20.8. The molecule has 0 aliphatic carbocycles. The molecule has 0 saturated carbocycles. The van der Waals surface area contributed by atoms with E-state index in [4.69, 9.17) is 0 Å². The lowest BCUT2D eigenvalue weighted by molar-refractivity contribution is -0.117. The molecule has 4 nitrogen and oxygen atoms in total. The third kappa shape index (κ3) is 3.93. The molecule has 1 fully saturated rings. The summed E-state index contributed by atoms with van der Waals surface area (Å²) < 4.78 is 13.9. The molecule has 1 aliphatic rings. The molecular formula is C22H22FN3O. The van der Waals surface area contributed by atoms with Crippen molar-refractivity contribution in [1.82, 2.24) is 4.90 Å². The molecule has 0 bridgehead atoms. The lowest BCUT2D eigenvalue weighted by atomic mass is 10.1. The second-order valence-electron chi connectivity index (χ2n) is 6.79. The normalized spacial score (nSPS) is 15.1. The highest BCUT2D eigenvalue weighted by Crippen LogP contribution is 2.23. The van der Waals surface area contributed by atoms with Gasteiger partial charge in [0.2, 0.25) is 5.91 Å². The summed E-state index contributed by atoms with van der Waals surface area (Å²) in [6.07, 6.45) is 0. The maximum absolute atomic E-state index is 13.9. The van der Waals surface area contributed by atoms with Crippen LogP contribution in [0.4, 0.5) is 15.8 Å². The minimum atomic E-state index is -0.195. The van der Waals surface area contributed by atoms with Crippen molar-refractivity contribution in [2.75, 3.05) is 42.9 Å². The number of para-hydroxylation sites is 1. The molecule has 1 N–H and O–H groups in total. The summed E-state index contributed by atoms with van der Waals surface area (Å²) in [7, 11) is 0. The molecule has 1 saturated heterocycles. The third-order valence-corrected chi connectivity index (χ3v) is 5.00. The van der Waals surface area contributed by atoms with Crippen molar-refractivity contribution >= 4 is 28.1 Å². The molecule has 27 heavy (non-hydrogen) atoms. The number of nitrogens with zero attached hydrogens (tertiary/aromatic N) is 2. The van der Waals surface area contributed by atoms with Gasteiger partial charge >= 0.3 is 0 Å². The van der Waals surface area contributed by atoms with Crippen molar-refractivity contribution in [2.45, 2.75) is 0 Å².